The van der Waals surface area contributed by atoms with Crippen molar-refractivity contribution in [3.8, 4) is 5.69 Å². The predicted molar refractivity (Wildman–Crippen MR) is 99.9 cm³/mol. The van der Waals surface area contributed by atoms with E-state index in [0.717, 1.165) is 5.69 Å². The van der Waals surface area contributed by atoms with Crippen LogP contribution in [0.2, 0.25) is 5.02 Å². The molecule has 8 heteroatoms. The molecule has 0 bridgehead atoms. The highest BCUT2D eigenvalue weighted by Gasteiger charge is 2.10. The number of amides is 1. The van der Waals surface area contributed by atoms with E-state index in [9.17, 15) is 9.59 Å². The second kappa shape index (κ2) is 7.79. The van der Waals surface area contributed by atoms with Crippen LogP contribution in [0.5, 0.6) is 0 Å². The van der Waals surface area contributed by atoms with Gasteiger partial charge in [-0.25, -0.2) is 9.67 Å². The second-order valence-corrected chi connectivity index (χ2v) is 5.97. The van der Waals surface area contributed by atoms with Crippen LogP contribution in [0.25, 0.3) is 5.69 Å². The maximum Gasteiger partial charge on any atom is 0.243 e. The second-order valence-electron chi connectivity index (χ2n) is 5.54. The number of ketones is 1. The summed E-state index contributed by atoms with van der Waals surface area (Å²) in [5, 5.41) is 10.4. The summed E-state index contributed by atoms with van der Waals surface area (Å²) in [6, 6.07) is 12.0. The van der Waals surface area contributed by atoms with Gasteiger partial charge in [-0.2, -0.15) is 5.10 Å². The van der Waals surface area contributed by atoms with Gasteiger partial charge in [0.2, 0.25) is 5.91 Å². The van der Waals surface area contributed by atoms with E-state index in [1.807, 2.05) is 0 Å². The summed E-state index contributed by atoms with van der Waals surface area (Å²) >= 11 is 6.04. The molecule has 0 saturated carbocycles. The standard InChI is InChI=1S/C18H16ClN5O2/c1-12(25)13-2-5-15(6-3-13)21-9-18(26)23-16-8-14(19)4-7-17(16)24-11-20-10-22-24/h2-8,10-11,21H,9H2,1H3,(H,23,26). The van der Waals surface area contributed by atoms with Crippen LogP contribution in [0.15, 0.2) is 55.1 Å². The van der Waals surface area contributed by atoms with Crippen molar-refractivity contribution in [3.63, 3.8) is 0 Å². The number of aromatic nitrogens is 3. The lowest BCUT2D eigenvalue weighted by Crippen LogP contribution is -2.22. The molecule has 7 nitrogen and oxygen atoms in total. The summed E-state index contributed by atoms with van der Waals surface area (Å²) in [5.41, 5.74) is 2.55. The number of nitrogens with zero attached hydrogens (tertiary/aromatic N) is 3. The Morgan fingerprint density at radius 2 is 1.92 bits per heavy atom. The number of carbonyl (C=O) groups excluding carboxylic acids is 2. The third-order valence-corrected chi connectivity index (χ3v) is 3.88. The Morgan fingerprint density at radius 3 is 2.58 bits per heavy atom. The molecule has 0 aliphatic carbocycles. The average molecular weight is 370 g/mol. The van der Waals surface area contributed by atoms with Gasteiger partial charge >= 0.3 is 0 Å². The van der Waals surface area contributed by atoms with Gasteiger partial charge in [0.05, 0.1) is 17.9 Å². The highest BCUT2D eigenvalue weighted by molar-refractivity contribution is 6.31. The highest BCUT2D eigenvalue weighted by atomic mass is 35.5. The van der Waals surface area contributed by atoms with Crippen molar-refractivity contribution in [1.82, 2.24) is 14.8 Å². The molecule has 0 aliphatic heterocycles. The molecule has 0 radical (unpaired) electrons. The number of anilines is 2. The van der Waals surface area contributed by atoms with Gasteiger partial charge in [0, 0.05) is 16.3 Å². The van der Waals surface area contributed by atoms with E-state index >= 15 is 0 Å². The summed E-state index contributed by atoms with van der Waals surface area (Å²) in [7, 11) is 0. The van der Waals surface area contributed by atoms with Gasteiger partial charge in [-0.15, -0.1) is 0 Å². The molecule has 1 amide bonds. The molecule has 3 rings (SSSR count). The van der Waals surface area contributed by atoms with Crippen molar-refractivity contribution in [3.05, 3.63) is 65.7 Å². The van der Waals surface area contributed by atoms with Crippen LogP contribution in [-0.2, 0) is 4.79 Å². The first-order valence-electron chi connectivity index (χ1n) is 7.82. The fraction of sp³-hybridized carbons (Fsp3) is 0.111. The molecule has 132 valence electrons. The number of nitrogens with one attached hydrogen (secondary N) is 2. The smallest absolute Gasteiger partial charge is 0.243 e. The average Bonchev–Trinajstić information content (AvgIpc) is 3.15. The number of carbonyl (C=O) groups is 2. The van der Waals surface area contributed by atoms with Gasteiger partial charge in [-0.1, -0.05) is 11.6 Å². The zero-order valence-electron chi connectivity index (χ0n) is 13.9. The maximum absolute atomic E-state index is 12.3. The molecular weight excluding hydrogens is 354 g/mol. The van der Waals surface area contributed by atoms with Crippen LogP contribution in [0, 0.1) is 0 Å². The minimum absolute atomic E-state index is 0.00381. The zero-order chi connectivity index (χ0) is 18.5. The van der Waals surface area contributed by atoms with E-state index in [1.165, 1.54) is 19.6 Å². The lowest BCUT2D eigenvalue weighted by atomic mass is 10.1. The minimum Gasteiger partial charge on any atom is -0.376 e. The van der Waals surface area contributed by atoms with E-state index < -0.39 is 0 Å². The predicted octanol–water partition coefficient (Wildman–Crippen LogP) is 3.17. The van der Waals surface area contributed by atoms with E-state index in [0.29, 0.717) is 22.0 Å². The summed E-state index contributed by atoms with van der Waals surface area (Å²) in [4.78, 5) is 27.5. The van der Waals surface area contributed by atoms with E-state index in [4.69, 9.17) is 11.6 Å². The summed E-state index contributed by atoms with van der Waals surface area (Å²) in [6.45, 7) is 1.57. The van der Waals surface area contributed by atoms with Gasteiger partial charge in [-0.3, -0.25) is 9.59 Å². The number of benzene rings is 2. The first kappa shape index (κ1) is 17.6. The van der Waals surface area contributed by atoms with Crippen molar-refractivity contribution >= 4 is 34.7 Å². The van der Waals surface area contributed by atoms with Crippen molar-refractivity contribution in [2.45, 2.75) is 6.92 Å². The summed E-state index contributed by atoms with van der Waals surface area (Å²) in [6.07, 6.45) is 2.94. The van der Waals surface area contributed by atoms with Gasteiger partial charge in [0.15, 0.2) is 5.78 Å². The Bertz CT molecular complexity index is 923. The van der Waals surface area contributed by atoms with Crippen LogP contribution in [-0.4, -0.2) is 33.0 Å². The minimum atomic E-state index is -0.246. The number of Topliss-reactive ketones (excluding diaryl/α,β-unsaturated/α-hetero) is 1. The van der Waals surface area contributed by atoms with Crippen LogP contribution in [0.4, 0.5) is 11.4 Å². The van der Waals surface area contributed by atoms with Crippen LogP contribution in [0.1, 0.15) is 17.3 Å². The molecule has 2 aromatic carbocycles. The normalized spacial score (nSPS) is 10.4. The Morgan fingerprint density at radius 1 is 1.15 bits per heavy atom. The fourth-order valence-electron chi connectivity index (χ4n) is 2.34. The molecular formula is C18H16ClN5O2. The first-order chi connectivity index (χ1) is 12.5. The molecule has 0 atom stereocenters. The molecule has 0 spiro atoms. The zero-order valence-corrected chi connectivity index (χ0v) is 14.7. The quantitative estimate of drug-likeness (QED) is 0.651. The molecule has 0 aliphatic rings. The van der Waals surface area contributed by atoms with Gasteiger partial charge in [0.25, 0.3) is 0 Å². The molecule has 0 fully saturated rings. The maximum atomic E-state index is 12.3. The molecule has 1 heterocycles. The highest BCUT2D eigenvalue weighted by Crippen LogP contribution is 2.23. The Kier molecular flexibility index (Phi) is 5.28. The number of rotatable bonds is 6. The third kappa shape index (κ3) is 4.25. The van der Waals surface area contributed by atoms with Crippen molar-refractivity contribution < 1.29 is 9.59 Å². The van der Waals surface area contributed by atoms with E-state index in [1.54, 1.807) is 47.1 Å². The van der Waals surface area contributed by atoms with Gasteiger partial charge in [-0.05, 0) is 49.4 Å². The molecule has 0 unspecified atom stereocenters. The summed E-state index contributed by atoms with van der Waals surface area (Å²) in [5.74, 6) is -0.250. The summed E-state index contributed by atoms with van der Waals surface area (Å²) < 4.78 is 1.54. The molecule has 0 saturated heterocycles. The lowest BCUT2D eigenvalue weighted by molar-refractivity contribution is -0.114. The Hall–Kier alpha value is -3.19. The lowest BCUT2D eigenvalue weighted by Gasteiger charge is -2.12. The van der Waals surface area contributed by atoms with E-state index in [-0.39, 0.29) is 18.2 Å². The molecule has 26 heavy (non-hydrogen) atoms. The Labute approximate surface area is 155 Å². The van der Waals surface area contributed by atoms with Crippen LogP contribution < -0.4 is 10.6 Å². The fourth-order valence-corrected chi connectivity index (χ4v) is 2.51. The van der Waals surface area contributed by atoms with Crippen molar-refractivity contribution in [2.24, 2.45) is 0 Å². The van der Waals surface area contributed by atoms with E-state index in [2.05, 4.69) is 20.7 Å². The third-order valence-electron chi connectivity index (χ3n) is 3.64. The topological polar surface area (TPSA) is 88.9 Å². The van der Waals surface area contributed by atoms with Crippen molar-refractivity contribution in [2.75, 3.05) is 17.2 Å². The first-order valence-corrected chi connectivity index (χ1v) is 8.20. The molecule has 1 aromatic heterocycles. The van der Waals surface area contributed by atoms with Crippen LogP contribution in [0.3, 0.4) is 0 Å². The van der Waals surface area contributed by atoms with Gasteiger partial charge in [0.1, 0.15) is 12.7 Å². The Balaban J connectivity index is 1.67. The number of halogens is 1. The number of hydrogen-bond acceptors (Lipinski definition) is 5. The monoisotopic (exact) mass is 369 g/mol. The molecule has 3 aromatic rings. The number of hydrogen-bond donors (Lipinski definition) is 2. The largest absolute Gasteiger partial charge is 0.376 e. The van der Waals surface area contributed by atoms with Gasteiger partial charge < -0.3 is 10.6 Å². The van der Waals surface area contributed by atoms with Crippen molar-refractivity contribution in [1.29, 1.82) is 0 Å². The molecule has 2 N–H and O–H groups in total. The van der Waals surface area contributed by atoms with Crippen LogP contribution >= 0.6 is 11.6 Å². The SMILES string of the molecule is CC(=O)c1ccc(NCC(=O)Nc2cc(Cl)ccc2-n2cncn2)cc1.